The molecule has 0 amide bonds. The average Bonchev–Trinajstić information content (AvgIpc) is 3.29. The highest BCUT2D eigenvalue weighted by Gasteiger charge is 2.47. The third kappa shape index (κ3) is 6.99. The number of aromatic nitrogens is 5. The molecule has 3 saturated heterocycles. The highest BCUT2D eigenvalue weighted by molar-refractivity contribution is 7.99. The maximum atomic E-state index is 10.6. The van der Waals surface area contributed by atoms with Gasteiger partial charge in [-0.15, -0.1) is 12.4 Å². The Morgan fingerprint density at radius 2 is 1.80 bits per heavy atom. The molecule has 2 atom stereocenters. The zero-order valence-electron chi connectivity index (χ0n) is 24.9. The summed E-state index contributed by atoms with van der Waals surface area (Å²) in [7, 11) is 1.60. The van der Waals surface area contributed by atoms with Gasteiger partial charge >= 0.3 is 0 Å². The molecule has 238 valence electrons. The molecule has 15 heteroatoms. The van der Waals surface area contributed by atoms with Crippen LogP contribution in [-0.2, 0) is 9.47 Å². The van der Waals surface area contributed by atoms with Crippen molar-refractivity contribution < 1.29 is 14.6 Å². The minimum Gasteiger partial charge on any atom is -0.387 e. The molecule has 0 bridgehead atoms. The van der Waals surface area contributed by atoms with Gasteiger partial charge in [0.05, 0.1) is 42.3 Å². The summed E-state index contributed by atoms with van der Waals surface area (Å²) in [4.78, 5) is 28.0. The van der Waals surface area contributed by atoms with Crippen LogP contribution in [0.1, 0.15) is 32.6 Å². The Labute approximate surface area is 272 Å². The van der Waals surface area contributed by atoms with Crippen molar-refractivity contribution in [1.29, 1.82) is 0 Å². The summed E-state index contributed by atoms with van der Waals surface area (Å²) in [6.45, 7) is 6.16. The van der Waals surface area contributed by atoms with Gasteiger partial charge < -0.3 is 35.4 Å². The van der Waals surface area contributed by atoms with Crippen LogP contribution in [0, 0.1) is 5.41 Å². The Morgan fingerprint density at radius 3 is 2.45 bits per heavy atom. The second-order valence-corrected chi connectivity index (χ2v) is 13.1. The van der Waals surface area contributed by atoms with Crippen LogP contribution in [-0.4, -0.2) is 94.3 Å². The quantitative estimate of drug-likeness (QED) is 0.320. The van der Waals surface area contributed by atoms with E-state index < -0.39 is 5.60 Å². The predicted molar refractivity (Wildman–Crippen MR) is 174 cm³/mol. The molecule has 0 aromatic carbocycles. The van der Waals surface area contributed by atoms with E-state index in [1.54, 1.807) is 31.8 Å². The number of anilines is 4. The molecule has 3 aliphatic heterocycles. The lowest BCUT2D eigenvalue weighted by atomic mass is 9.73. The maximum Gasteiger partial charge on any atom is 0.227 e. The molecular weight excluding hydrogens is 625 g/mol. The molecule has 1 spiro atoms. The van der Waals surface area contributed by atoms with E-state index in [0.29, 0.717) is 55.1 Å². The monoisotopic (exact) mass is 663 g/mol. The van der Waals surface area contributed by atoms with Crippen LogP contribution in [0.4, 0.5) is 23.4 Å². The van der Waals surface area contributed by atoms with Gasteiger partial charge in [0.25, 0.3) is 0 Å². The van der Waals surface area contributed by atoms with Gasteiger partial charge in [-0.1, -0.05) is 23.4 Å². The Hall–Kier alpha value is -2.52. The van der Waals surface area contributed by atoms with Crippen LogP contribution in [0.3, 0.4) is 0 Å². The van der Waals surface area contributed by atoms with Gasteiger partial charge in [0, 0.05) is 62.0 Å². The minimum atomic E-state index is -0.809. The van der Waals surface area contributed by atoms with E-state index >= 15 is 0 Å². The second-order valence-electron chi connectivity index (χ2n) is 11.7. The van der Waals surface area contributed by atoms with Gasteiger partial charge in [-0.25, -0.2) is 19.9 Å². The fourth-order valence-electron chi connectivity index (χ4n) is 6.11. The molecule has 0 unspecified atom stereocenters. The number of aliphatic hydroxyl groups is 1. The fraction of sp³-hybridized carbons (Fsp3) is 0.552. The number of rotatable bonds is 8. The number of halogens is 2. The number of methoxy groups -OCH3 is 1. The molecule has 3 aliphatic rings. The van der Waals surface area contributed by atoms with Gasteiger partial charge in [-0.05, 0) is 44.7 Å². The molecule has 6 rings (SSSR count). The third-order valence-corrected chi connectivity index (χ3v) is 10.4. The first-order valence-electron chi connectivity index (χ1n) is 14.6. The summed E-state index contributed by atoms with van der Waals surface area (Å²) in [6, 6.07) is 3.71. The van der Waals surface area contributed by atoms with Gasteiger partial charge in [0.2, 0.25) is 5.95 Å². The number of nitrogens with one attached hydrogen (secondary N) is 1. The van der Waals surface area contributed by atoms with E-state index in [4.69, 9.17) is 31.8 Å². The third-order valence-electron chi connectivity index (χ3n) is 8.89. The average molecular weight is 665 g/mol. The zero-order chi connectivity index (χ0) is 30.0. The molecule has 44 heavy (non-hydrogen) atoms. The van der Waals surface area contributed by atoms with Crippen LogP contribution in [0.15, 0.2) is 46.8 Å². The second kappa shape index (κ2) is 13.9. The van der Waals surface area contributed by atoms with E-state index in [9.17, 15) is 5.11 Å². The van der Waals surface area contributed by atoms with Crippen LogP contribution in [0.25, 0.3) is 0 Å². The minimum absolute atomic E-state index is 0. The molecule has 0 aliphatic carbocycles. The molecule has 0 saturated carbocycles. The Balaban J connectivity index is 0.00000384. The van der Waals surface area contributed by atoms with Crippen molar-refractivity contribution in [3.8, 4) is 0 Å². The molecule has 6 heterocycles. The number of piperidine rings is 2. The number of nitrogens with two attached hydrogens (primary N) is 1. The van der Waals surface area contributed by atoms with Crippen molar-refractivity contribution in [3.63, 3.8) is 0 Å². The molecule has 3 aromatic heterocycles. The lowest BCUT2D eigenvalue weighted by Crippen LogP contribution is -2.50. The first-order valence-corrected chi connectivity index (χ1v) is 15.8. The predicted octanol–water partition coefficient (Wildman–Crippen LogP) is 3.94. The van der Waals surface area contributed by atoms with Crippen molar-refractivity contribution in [2.24, 2.45) is 11.1 Å². The normalized spacial score (nSPS) is 22.6. The molecule has 0 radical (unpaired) electrons. The molecular formula is C29H39Cl2N9O3S. The Bertz CT molecular complexity index is 1410. The molecule has 3 aromatic rings. The van der Waals surface area contributed by atoms with Crippen LogP contribution in [0.5, 0.6) is 0 Å². The van der Waals surface area contributed by atoms with Crippen molar-refractivity contribution in [2.75, 3.05) is 61.6 Å². The van der Waals surface area contributed by atoms with Crippen molar-refractivity contribution in [2.45, 2.75) is 60.3 Å². The molecule has 12 nitrogen and oxygen atoms in total. The van der Waals surface area contributed by atoms with Gasteiger partial charge in [0.15, 0.2) is 5.82 Å². The Kier molecular flexibility index (Phi) is 10.3. The highest BCUT2D eigenvalue weighted by atomic mass is 35.5. The van der Waals surface area contributed by atoms with Gasteiger partial charge in [-0.3, -0.25) is 0 Å². The topological polar surface area (TPSA) is 148 Å². The summed E-state index contributed by atoms with van der Waals surface area (Å²) in [5, 5.41) is 15.1. The summed E-state index contributed by atoms with van der Waals surface area (Å²) in [5.41, 5.74) is 5.73. The van der Waals surface area contributed by atoms with Crippen molar-refractivity contribution in [3.05, 3.63) is 41.9 Å². The first kappa shape index (κ1) is 32.9. The van der Waals surface area contributed by atoms with E-state index in [0.717, 1.165) is 48.3 Å². The number of ether oxygens (including phenoxy) is 2. The first-order chi connectivity index (χ1) is 20.8. The number of hydrogen-bond acceptors (Lipinski definition) is 13. The summed E-state index contributed by atoms with van der Waals surface area (Å²) >= 11 is 8.20. The lowest BCUT2D eigenvalue weighted by molar-refractivity contribution is -0.0473. The standard InChI is InChI=1S/C29H38ClN9O3S.ClH/c1-19-25(31)28(17-42-19)5-11-38(12-6-28)22-15-35-23(16-34-22)43-20-3-9-32-26(24(20)30)36-21-4-10-33-27(37-21)39-13-7-29(40,8-14-39)18-41-2;/h3-4,9-10,15-16,19,25,40H,5-8,11-14,17-18,31H2,1-2H3,(H,32,33,36,37);1H/t19-,25+;/m0./s1. The van der Waals surface area contributed by atoms with Crippen LogP contribution >= 0.6 is 35.8 Å². The van der Waals surface area contributed by atoms with E-state index in [-0.39, 0.29) is 30.0 Å². The highest BCUT2D eigenvalue weighted by Crippen LogP contribution is 2.42. The SMILES string of the molecule is COCC1(O)CCN(c2nccc(Nc3nccc(Sc4cnc(N5CCC6(CC5)CO[C@@H](C)[C@H]6N)cn4)c3Cl)n2)CC1.Cl. The molecule has 3 fully saturated rings. The molecule has 4 N–H and O–H groups in total. The zero-order valence-corrected chi connectivity index (χ0v) is 27.2. The number of hydrogen-bond donors (Lipinski definition) is 3. The number of nitrogens with zero attached hydrogens (tertiary/aromatic N) is 7. The van der Waals surface area contributed by atoms with Crippen LogP contribution < -0.4 is 20.9 Å². The van der Waals surface area contributed by atoms with Crippen molar-refractivity contribution in [1.82, 2.24) is 24.9 Å². The lowest BCUT2D eigenvalue weighted by Gasteiger charge is -2.41. The summed E-state index contributed by atoms with van der Waals surface area (Å²) < 4.78 is 11.0. The number of pyridine rings is 1. The van der Waals surface area contributed by atoms with Crippen molar-refractivity contribution >= 4 is 59.2 Å². The van der Waals surface area contributed by atoms with E-state index in [1.807, 2.05) is 12.3 Å². The van der Waals surface area contributed by atoms with E-state index in [2.05, 4.69) is 42.0 Å². The van der Waals surface area contributed by atoms with Gasteiger partial charge in [-0.2, -0.15) is 4.98 Å². The smallest absolute Gasteiger partial charge is 0.227 e. The fourth-order valence-corrected chi connectivity index (χ4v) is 7.14. The maximum absolute atomic E-state index is 10.6. The Morgan fingerprint density at radius 1 is 1.07 bits per heavy atom. The van der Waals surface area contributed by atoms with Crippen LogP contribution in [0.2, 0.25) is 5.02 Å². The van der Waals surface area contributed by atoms with E-state index in [1.165, 1.54) is 11.8 Å². The summed E-state index contributed by atoms with van der Waals surface area (Å²) in [5.74, 6) is 2.50. The largest absolute Gasteiger partial charge is 0.387 e. The summed E-state index contributed by atoms with van der Waals surface area (Å²) in [6.07, 6.45) is 10.3. The van der Waals surface area contributed by atoms with Gasteiger partial charge in [0.1, 0.15) is 16.7 Å².